The second-order valence-electron chi connectivity index (χ2n) is 3.16. The van der Waals surface area contributed by atoms with Crippen LogP contribution in [0.5, 0.6) is 0 Å². The van der Waals surface area contributed by atoms with Crippen molar-refractivity contribution in [3.63, 3.8) is 0 Å². The molecular weight excluding hydrogens is 260 g/mol. The molecule has 1 aromatic rings. The van der Waals surface area contributed by atoms with Gasteiger partial charge in [0.1, 0.15) is 5.76 Å². The largest absolute Gasteiger partial charge is 0.453 e. The zero-order valence-electron chi connectivity index (χ0n) is 8.68. The molecule has 4 nitrogen and oxygen atoms in total. The van der Waals surface area contributed by atoms with Crippen molar-refractivity contribution < 1.29 is 9.21 Å². The minimum absolute atomic E-state index is 0.0162. The van der Waals surface area contributed by atoms with Crippen molar-refractivity contribution in [1.29, 1.82) is 0 Å². The first-order valence-corrected chi connectivity index (χ1v) is 5.73. The van der Waals surface area contributed by atoms with E-state index in [2.05, 4.69) is 26.6 Å². The Bertz CT molecular complexity index is 312. The molecule has 0 spiro atoms. The van der Waals surface area contributed by atoms with Crippen LogP contribution in [0.3, 0.4) is 0 Å². The molecule has 0 atom stereocenters. The first-order valence-electron chi connectivity index (χ1n) is 4.94. The lowest BCUT2D eigenvalue weighted by atomic mass is 10.4. The lowest BCUT2D eigenvalue weighted by molar-refractivity contribution is -0.120. The van der Waals surface area contributed by atoms with Gasteiger partial charge in [-0.15, -0.1) is 0 Å². The fourth-order valence-electron chi connectivity index (χ4n) is 1.07. The van der Waals surface area contributed by atoms with Gasteiger partial charge in [-0.25, -0.2) is 0 Å². The molecule has 0 aromatic carbocycles. The first kappa shape index (κ1) is 12.3. The molecule has 0 aliphatic carbocycles. The van der Waals surface area contributed by atoms with Gasteiger partial charge < -0.3 is 15.1 Å². The van der Waals surface area contributed by atoms with Crippen LogP contribution >= 0.6 is 15.9 Å². The summed E-state index contributed by atoms with van der Waals surface area (Å²) in [5.74, 6) is 0.827. The van der Waals surface area contributed by atoms with Gasteiger partial charge in [-0.05, 0) is 34.5 Å². The number of carbonyl (C=O) groups excluding carboxylic acids is 1. The molecule has 1 rings (SSSR count). The number of hydrogen-bond donors (Lipinski definition) is 2. The van der Waals surface area contributed by atoms with E-state index < -0.39 is 0 Å². The van der Waals surface area contributed by atoms with Gasteiger partial charge in [0, 0.05) is 6.54 Å². The Hall–Kier alpha value is -0.810. The highest BCUT2D eigenvalue weighted by molar-refractivity contribution is 9.10. The monoisotopic (exact) mass is 274 g/mol. The third kappa shape index (κ3) is 4.99. The van der Waals surface area contributed by atoms with Gasteiger partial charge in [0.2, 0.25) is 5.91 Å². The molecule has 15 heavy (non-hydrogen) atoms. The highest BCUT2D eigenvalue weighted by Gasteiger charge is 2.01. The molecule has 1 amide bonds. The average molecular weight is 275 g/mol. The lowest BCUT2D eigenvalue weighted by Gasteiger charge is -2.03. The van der Waals surface area contributed by atoms with Crippen molar-refractivity contribution in [2.45, 2.75) is 19.9 Å². The van der Waals surface area contributed by atoms with Crippen molar-refractivity contribution in [3.8, 4) is 0 Å². The molecule has 5 heteroatoms. The van der Waals surface area contributed by atoms with E-state index in [0.717, 1.165) is 18.7 Å². The van der Waals surface area contributed by atoms with E-state index >= 15 is 0 Å². The van der Waals surface area contributed by atoms with Gasteiger partial charge in [-0.2, -0.15) is 0 Å². The highest BCUT2D eigenvalue weighted by atomic mass is 79.9. The summed E-state index contributed by atoms with van der Waals surface area (Å²) in [7, 11) is 0. The number of furan rings is 1. The Morgan fingerprint density at radius 3 is 2.93 bits per heavy atom. The maximum atomic E-state index is 11.2. The number of halogens is 1. The zero-order valence-corrected chi connectivity index (χ0v) is 10.3. The smallest absolute Gasteiger partial charge is 0.233 e. The Balaban J connectivity index is 2.13. The number of rotatable bonds is 6. The standard InChI is InChI=1S/C10H15BrN2O2/c1-2-5-13-10(14)7-12-6-8-3-4-9(11)15-8/h3-4,12H,2,5-7H2,1H3,(H,13,14). The summed E-state index contributed by atoms with van der Waals surface area (Å²) in [5.41, 5.74) is 0. The fourth-order valence-corrected chi connectivity index (χ4v) is 1.41. The molecule has 0 saturated carbocycles. The van der Waals surface area contributed by atoms with E-state index in [-0.39, 0.29) is 5.91 Å². The Kier molecular flexibility index (Phi) is 5.42. The molecule has 0 aliphatic rings. The van der Waals surface area contributed by atoms with E-state index in [1.54, 1.807) is 0 Å². The van der Waals surface area contributed by atoms with Crippen LogP contribution in [0.2, 0.25) is 0 Å². The van der Waals surface area contributed by atoms with Gasteiger partial charge in [0.15, 0.2) is 4.67 Å². The van der Waals surface area contributed by atoms with Crippen molar-refractivity contribution in [1.82, 2.24) is 10.6 Å². The molecule has 0 fully saturated rings. The Labute approximate surface area is 97.5 Å². The normalized spacial score (nSPS) is 10.3. The molecule has 0 bridgehead atoms. The average Bonchev–Trinajstić information content (AvgIpc) is 2.61. The van der Waals surface area contributed by atoms with Gasteiger partial charge in [-0.3, -0.25) is 4.79 Å². The number of hydrogen-bond acceptors (Lipinski definition) is 3. The predicted octanol–water partition coefficient (Wildman–Crippen LogP) is 1.66. The molecular formula is C10H15BrN2O2. The minimum Gasteiger partial charge on any atom is -0.453 e. The SMILES string of the molecule is CCCNC(=O)CNCc1ccc(Br)o1. The number of carbonyl (C=O) groups is 1. The summed E-state index contributed by atoms with van der Waals surface area (Å²) in [6, 6.07) is 3.69. The molecule has 84 valence electrons. The molecule has 0 radical (unpaired) electrons. The van der Waals surface area contributed by atoms with Gasteiger partial charge in [0.05, 0.1) is 13.1 Å². The predicted molar refractivity (Wildman–Crippen MR) is 61.4 cm³/mol. The second kappa shape index (κ2) is 6.63. The van der Waals surface area contributed by atoms with Crippen molar-refractivity contribution in [2.75, 3.05) is 13.1 Å². The van der Waals surface area contributed by atoms with Crippen LogP contribution in [0.4, 0.5) is 0 Å². The van der Waals surface area contributed by atoms with Gasteiger partial charge >= 0.3 is 0 Å². The quantitative estimate of drug-likeness (QED) is 0.830. The summed E-state index contributed by atoms with van der Waals surface area (Å²) >= 11 is 3.21. The van der Waals surface area contributed by atoms with E-state index in [4.69, 9.17) is 4.42 Å². The van der Waals surface area contributed by atoms with Crippen LogP contribution in [0, 0.1) is 0 Å². The third-order valence-corrected chi connectivity index (χ3v) is 2.21. The molecule has 2 N–H and O–H groups in total. The third-order valence-electron chi connectivity index (χ3n) is 1.79. The maximum absolute atomic E-state index is 11.2. The van der Waals surface area contributed by atoms with Crippen LogP contribution < -0.4 is 10.6 Å². The summed E-state index contributed by atoms with van der Waals surface area (Å²) in [4.78, 5) is 11.2. The highest BCUT2D eigenvalue weighted by Crippen LogP contribution is 2.13. The zero-order chi connectivity index (χ0) is 11.1. The van der Waals surface area contributed by atoms with E-state index in [9.17, 15) is 4.79 Å². The van der Waals surface area contributed by atoms with Gasteiger partial charge in [0.25, 0.3) is 0 Å². The van der Waals surface area contributed by atoms with Crippen molar-refractivity contribution >= 4 is 21.8 Å². The Morgan fingerprint density at radius 2 is 2.33 bits per heavy atom. The van der Waals surface area contributed by atoms with Crippen LogP contribution in [0.25, 0.3) is 0 Å². The fraction of sp³-hybridized carbons (Fsp3) is 0.500. The van der Waals surface area contributed by atoms with E-state index in [1.165, 1.54) is 0 Å². The maximum Gasteiger partial charge on any atom is 0.233 e. The van der Waals surface area contributed by atoms with Crippen LogP contribution in [0.15, 0.2) is 21.2 Å². The Morgan fingerprint density at radius 1 is 1.53 bits per heavy atom. The molecule has 0 unspecified atom stereocenters. The molecule has 1 heterocycles. The van der Waals surface area contributed by atoms with Crippen molar-refractivity contribution in [2.24, 2.45) is 0 Å². The second-order valence-corrected chi connectivity index (χ2v) is 3.94. The summed E-state index contributed by atoms with van der Waals surface area (Å²) in [5, 5.41) is 5.78. The first-order chi connectivity index (χ1) is 7.22. The molecule has 0 aliphatic heterocycles. The van der Waals surface area contributed by atoms with Crippen molar-refractivity contribution in [3.05, 3.63) is 22.6 Å². The topological polar surface area (TPSA) is 54.3 Å². The summed E-state index contributed by atoms with van der Waals surface area (Å²) < 4.78 is 5.97. The minimum atomic E-state index is 0.0162. The van der Waals surface area contributed by atoms with Crippen LogP contribution in [-0.4, -0.2) is 19.0 Å². The van der Waals surface area contributed by atoms with E-state index in [1.807, 2.05) is 19.1 Å². The number of amides is 1. The van der Waals surface area contributed by atoms with Crippen LogP contribution in [0.1, 0.15) is 19.1 Å². The summed E-state index contributed by atoms with van der Waals surface area (Å²) in [6.07, 6.45) is 0.955. The van der Waals surface area contributed by atoms with Gasteiger partial charge in [-0.1, -0.05) is 6.92 Å². The number of nitrogens with one attached hydrogen (secondary N) is 2. The van der Waals surface area contributed by atoms with E-state index in [0.29, 0.717) is 17.8 Å². The molecule has 0 saturated heterocycles. The summed E-state index contributed by atoms with van der Waals surface area (Å²) in [6.45, 7) is 3.63. The van der Waals surface area contributed by atoms with Crippen LogP contribution in [-0.2, 0) is 11.3 Å². The molecule has 1 aromatic heterocycles. The lowest BCUT2D eigenvalue weighted by Crippen LogP contribution is -2.33.